The number of rotatable bonds is 4. The second-order valence-corrected chi connectivity index (χ2v) is 6.79. The maximum atomic E-state index is 13.6. The van der Waals surface area contributed by atoms with Crippen molar-refractivity contribution < 1.29 is 13.9 Å². The number of benzene rings is 1. The normalized spacial score (nSPS) is 15.5. The van der Waals surface area contributed by atoms with E-state index in [9.17, 15) is 4.39 Å². The Morgan fingerprint density at radius 2 is 1.95 bits per heavy atom. The molecule has 1 heterocycles. The molecule has 0 atom stereocenters. The summed E-state index contributed by atoms with van der Waals surface area (Å²) in [5.41, 5.74) is 2.25. The molecule has 0 radical (unpaired) electrons. The third-order valence-corrected chi connectivity index (χ3v) is 4.91. The highest BCUT2D eigenvalue weighted by atomic mass is 79.9. The lowest BCUT2D eigenvalue weighted by atomic mass is 10.0. The molecule has 0 amide bonds. The van der Waals surface area contributed by atoms with Gasteiger partial charge in [0.2, 0.25) is 5.88 Å². The Kier molecular flexibility index (Phi) is 4.03. The summed E-state index contributed by atoms with van der Waals surface area (Å²) in [6, 6.07) is 5.17. The summed E-state index contributed by atoms with van der Waals surface area (Å²) in [5.74, 6) is 0.653. The second-order valence-electron chi connectivity index (χ2n) is 5.21. The average Bonchev–Trinajstić information content (AvgIpc) is 3.25. The van der Waals surface area contributed by atoms with Gasteiger partial charge in [0, 0.05) is 11.1 Å². The molecule has 0 saturated heterocycles. The molecule has 0 aliphatic heterocycles. The monoisotopic (exact) mass is 385 g/mol. The zero-order valence-corrected chi connectivity index (χ0v) is 14.5. The van der Waals surface area contributed by atoms with Crippen LogP contribution in [0.1, 0.15) is 18.4 Å². The van der Waals surface area contributed by atoms with Gasteiger partial charge in [0.1, 0.15) is 11.6 Å². The van der Waals surface area contributed by atoms with Gasteiger partial charge in [-0.25, -0.2) is 9.37 Å². The van der Waals surface area contributed by atoms with Crippen LogP contribution in [0.5, 0.6) is 11.6 Å². The molecule has 0 bridgehead atoms. The standard InChI is InChI=1S/C16H14BrClFNO2/c1-21-14-12(16(18)3-4-16)5-9(6-13(14)17)11-7-10(19)8-20-15(11)22-2/h5-8H,3-4H2,1-2H3. The fourth-order valence-corrected chi connectivity index (χ4v) is 3.32. The third-order valence-electron chi connectivity index (χ3n) is 3.74. The Labute approximate surface area is 141 Å². The van der Waals surface area contributed by atoms with Crippen LogP contribution in [-0.4, -0.2) is 19.2 Å². The summed E-state index contributed by atoms with van der Waals surface area (Å²) in [7, 11) is 3.11. The summed E-state index contributed by atoms with van der Waals surface area (Å²) in [6.07, 6.45) is 2.91. The zero-order chi connectivity index (χ0) is 15.9. The number of ether oxygens (including phenoxy) is 2. The largest absolute Gasteiger partial charge is 0.495 e. The first-order valence-electron chi connectivity index (χ1n) is 6.75. The minimum absolute atomic E-state index is 0.365. The lowest BCUT2D eigenvalue weighted by Crippen LogP contribution is -2.02. The van der Waals surface area contributed by atoms with Crippen LogP contribution in [0.4, 0.5) is 4.39 Å². The quantitative estimate of drug-likeness (QED) is 0.701. The Bertz CT molecular complexity index is 734. The van der Waals surface area contributed by atoms with E-state index in [2.05, 4.69) is 20.9 Å². The summed E-state index contributed by atoms with van der Waals surface area (Å²) in [6.45, 7) is 0. The number of pyridine rings is 1. The van der Waals surface area contributed by atoms with E-state index in [1.165, 1.54) is 13.2 Å². The fourth-order valence-electron chi connectivity index (χ4n) is 2.46. The van der Waals surface area contributed by atoms with Gasteiger partial charge in [0.15, 0.2) is 0 Å². The molecule has 0 N–H and O–H groups in total. The molecule has 1 aromatic heterocycles. The molecule has 116 valence electrons. The van der Waals surface area contributed by atoms with E-state index in [0.29, 0.717) is 17.2 Å². The van der Waals surface area contributed by atoms with Gasteiger partial charge in [-0.2, -0.15) is 0 Å². The Hall–Kier alpha value is -1.33. The van der Waals surface area contributed by atoms with Crippen molar-refractivity contribution in [1.82, 2.24) is 4.98 Å². The smallest absolute Gasteiger partial charge is 0.221 e. The lowest BCUT2D eigenvalue weighted by Gasteiger charge is -2.17. The molecule has 1 aromatic carbocycles. The predicted octanol–water partition coefficient (Wildman–Crippen LogP) is 4.90. The van der Waals surface area contributed by atoms with E-state index in [1.54, 1.807) is 7.11 Å². The Morgan fingerprint density at radius 3 is 2.55 bits per heavy atom. The molecule has 22 heavy (non-hydrogen) atoms. The van der Waals surface area contributed by atoms with E-state index < -0.39 is 10.7 Å². The number of hydrogen-bond donors (Lipinski definition) is 0. The van der Waals surface area contributed by atoms with Crippen molar-refractivity contribution >= 4 is 27.5 Å². The Morgan fingerprint density at radius 1 is 1.23 bits per heavy atom. The van der Waals surface area contributed by atoms with Crippen molar-refractivity contribution in [2.75, 3.05) is 14.2 Å². The first-order valence-corrected chi connectivity index (χ1v) is 7.92. The lowest BCUT2D eigenvalue weighted by molar-refractivity contribution is 0.397. The highest BCUT2D eigenvalue weighted by molar-refractivity contribution is 9.10. The minimum Gasteiger partial charge on any atom is -0.495 e. The molecule has 1 saturated carbocycles. The van der Waals surface area contributed by atoms with Gasteiger partial charge in [0.05, 0.1) is 29.8 Å². The van der Waals surface area contributed by atoms with Gasteiger partial charge >= 0.3 is 0 Å². The highest BCUT2D eigenvalue weighted by Gasteiger charge is 2.45. The molecule has 1 aliphatic carbocycles. The number of aromatic nitrogens is 1. The van der Waals surface area contributed by atoms with Crippen molar-refractivity contribution in [3.8, 4) is 22.8 Å². The van der Waals surface area contributed by atoms with Gasteiger partial charge in [-0.05, 0) is 52.5 Å². The number of alkyl halides is 1. The summed E-state index contributed by atoms with van der Waals surface area (Å²) in [5, 5.41) is 0. The predicted molar refractivity (Wildman–Crippen MR) is 87.2 cm³/mol. The van der Waals surface area contributed by atoms with Crippen LogP contribution in [0.25, 0.3) is 11.1 Å². The van der Waals surface area contributed by atoms with Crippen LogP contribution < -0.4 is 9.47 Å². The number of hydrogen-bond acceptors (Lipinski definition) is 3. The molecule has 1 aliphatic rings. The van der Waals surface area contributed by atoms with E-state index in [1.807, 2.05) is 12.1 Å². The van der Waals surface area contributed by atoms with Crippen LogP contribution in [0.15, 0.2) is 28.9 Å². The van der Waals surface area contributed by atoms with Crippen molar-refractivity contribution in [3.63, 3.8) is 0 Å². The molecule has 2 aromatic rings. The van der Waals surface area contributed by atoms with Crippen LogP contribution in [0.3, 0.4) is 0 Å². The Balaban J connectivity index is 2.20. The zero-order valence-electron chi connectivity index (χ0n) is 12.1. The van der Waals surface area contributed by atoms with Crippen molar-refractivity contribution in [1.29, 1.82) is 0 Å². The second kappa shape index (κ2) is 5.70. The van der Waals surface area contributed by atoms with Crippen molar-refractivity contribution in [2.24, 2.45) is 0 Å². The average molecular weight is 387 g/mol. The van der Waals surface area contributed by atoms with Crippen molar-refractivity contribution in [3.05, 3.63) is 40.2 Å². The molecule has 3 nitrogen and oxygen atoms in total. The number of methoxy groups -OCH3 is 2. The van der Waals surface area contributed by atoms with Gasteiger partial charge in [-0.1, -0.05) is 0 Å². The maximum Gasteiger partial charge on any atom is 0.221 e. The molecule has 3 rings (SSSR count). The van der Waals surface area contributed by atoms with Crippen LogP contribution >= 0.6 is 27.5 Å². The molecule has 1 fully saturated rings. The van der Waals surface area contributed by atoms with Crippen LogP contribution in [0, 0.1) is 5.82 Å². The number of halogens is 3. The summed E-state index contributed by atoms with van der Waals surface area (Å²) in [4.78, 5) is 3.57. The first kappa shape index (κ1) is 15.6. The highest BCUT2D eigenvalue weighted by Crippen LogP contribution is 2.56. The van der Waals surface area contributed by atoms with Crippen LogP contribution in [0.2, 0.25) is 0 Å². The van der Waals surface area contributed by atoms with E-state index in [-0.39, 0.29) is 0 Å². The van der Waals surface area contributed by atoms with E-state index >= 15 is 0 Å². The SMILES string of the molecule is COc1ncc(F)cc1-c1cc(Br)c(OC)c(C2(Cl)CC2)c1. The molecular formula is C16H14BrClFNO2. The molecule has 0 unspecified atom stereocenters. The molecule has 6 heteroatoms. The van der Waals surface area contributed by atoms with Gasteiger partial charge in [0.25, 0.3) is 0 Å². The number of nitrogens with zero attached hydrogens (tertiary/aromatic N) is 1. The molecular weight excluding hydrogens is 373 g/mol. The van der Waals surface area contributed by atoms with E-state index in [4.69, 9.17) is 21.1 Å². The van der Waals surface area contributed by atoms with Gasteiger partial charge in [-0.3, -0.25) is 0 Å². The summed E-state index contributed by atoms with van der Waals surface area (Å²) >= 11 is 10.1. The van der Waals surface area contributed by atoms with Crippen molar-refractivity contribution in [2.45, 2.75) is 17.7 Å². The maximum absolute atomic E-state index is 13.6. The van der Waals surface area contributed by atoms with Gasteiger partial charge < -0.3 is 9.47 Å². The van der Waals surface area contributed by atoms with Gasteiger partial charge in [-0.15, -0.1) is 11.6 Å². The van der Waals surface area contributed by atoms with E-state index in [0.717, 1.165) is 34.6 Å². The molecule has 0 spiro atoms. The van der Waals surface area contributed by atoms with Crippen LogP contribution in [-0.2, 0) is 4.87 Å². The first-order chi connectivity index (χ1) is 10.5. The topological polar surface area (TPSA) is 31.4 Å². The third kappa shape index (κ3) is 2.68. The fraction of sp³-hybridized carbons (Fsp3) is 0.312. The summed E-state index contributed by atoms with van der Waals surface area (Å²) < 4.78 is 25.0. The minimum atomic E-state index is -0.420.